The Balaban J connectivity index is 2.80. The molecule has 0 aliphatic rings. The second-order valence-electron chi connectivity index (χ2n) is 2.02. The average Bonchev–Trinajstić information content (AvgIpc) is 1.81. The second kappa shape index (κ2) is 6.74. The molecular weight excluding hydrogens is 96.1 g/mol. The maximum Gasteiger partial charge on any atom is -0.0351 e. The molecule has 0 unspecified atom stereocenters. The lowest BCUT2D eigenvalue weighted by Crippen LogP contribution is -1.65. The number of unbranched alkanes of at least 4 members (excludes halogenated alkanes) is 2. The van der Waals surface area contributed by atoms with Crippen LogP contribution >= 0.6 is 0 Å². The highest BCUT2D eigenvalue weighted by Gasteiger charge is 1.74. The van der Waals surface area contributed by atoms with Gasteiger partial charge in [0.1, 0.15) is 0 Å². The molecule has 0 amide bonds. The van der Waals surface area contributed by atoms with Crippen molar-refractivity contribution in [1.29, 1.82) is 0 Å². The van der Waals surface area contributed by atoms with E-state index in [1.165, 1.54) is 25.7 Å². The zero-order chi connectivity index (χ0) is 6.24. The van der Waals surface area contributed by atoms with Crippen molar-refractivity contribution in [3.8, 4) is 0 Å². The molecule has 0 aliphatic heterocycles. The molecule has 0 bridgehead atoms. The Morgan fingerprint density at radius 3 is 2.38 bits per heavy atom. The van der Waals surface area contributed by atoms with E-state index in [1.54, 1.807) is 0 Å². The van der Waals surface area contributed by atoms with Crippen LogP contribution in [-0.4, -0.2) is 0 Å². The highest BCUT2D eigenvalue weighted by Crippen LogP contribution is 1.94. The fourth-order valence-corrected chi connectivity index (χ4v) is 0.606. The zero-order valence-electron chi connectivity index (χ0n) is 5.98. The summed E-state index contributed by atoms with van der Waals surface area (Å²) in [6, 6.07) is 0. The predicted molar refractivity (Wildman–Crippen MR) is 39.0 cm³/mol. The van der Waals surface area contributed by atoms with Crippen LogP contribution in [-0.2, 0) is 0 Å². The van der Waals surface area contributed by atoms with Gasteiger partial charge in [0.25, 0.3) is 0 Å². The third-order valence-electron chi connectivity index (χ3n) is 1.13. The van der Waals surface area contributed by atoms with E-state index in [0.29, 0.717) is 0 Å². The molecule has 0 nitrogen and oxygen atoms in total. The lowest BCUT2D eigenvalue weighted by Gasteiger charge is -1.85. The van der Waals surface area contributed by atoms with Crippen LogP contribution in [0.3, 0.4) is 0 Å². The molecule has 0 heterocycles. The normalized spacial score (nSPS) is 10.8. The molecule has 48 valence electrons. The lowest BCUT2D eigenvalue weighted by atomic mass is 10.2. The van der Waals surface area contributed by atoms with Gasteiger partial charge in [-0.1, -0.05) is 38.8 Å². The van der Waals surface area contributed by atoms with Crippen molar-refractivity contribution in [3.05, 3.63) is 12.2 Å². The summed E-state index contributed by atoms with van der Waals surface area (Å²) in [5.41, 5.74) is 0. The largest absolute Gasteiger partial charge is 0.0888 e. The highest BCUT2D eigenvalue weighted by atomic mass is 13.8. The molecular formula is C8H16. The van der Waals surface area contributed by atoms with Gasteiger partial charge in [-0.05, 0) is 12.8 Å². The van der Waals surface area contributed by atoms with Crippen LogP contribution in [0.2, 0.25) is 0 Å². The van der Waals surface area contributed by atoms with Gasteiger partial charge in [0.05, 0.1) is 0 Å². The quantitative estimate of drug-likeness (QED) is 0.387. The van der Waals surface area contributed by atoms with Gasteiger partial charge in [0.15, 0.2) is 0 Å². The molecule has 0 heteroatoms. The topological polar surface area (TPSA) is 0 Å². The van der Waals surface area contributed by atoms with Crippen LogP contribution in [0.4, 0.5) is 0 Å². The molecule has 0 aromatic rings. The second-order valence-corrected chi connectivity index (χ2v) is 2.02. The molecule has 8 heavy (non-hydrogen) atoms. The van der Waals surface area contributed by atoms with Gasteiger partial charge in [-0.25, -0.2) is 0 Å². The first-order valence-electron chi connectivity index (χ1n) is 3.56. The van der Waals surface area contributed by atoms with Crippen LogP contribution in [0, 0.1) is 0 Å². The zero-order valence-corrected chi connectivity index (χ0v) is 5.98. The van der Waals surface area contributed by atoms with Crippen molar-refractivity contribution < 1.29 is 0 Å². The summed E-state index contributed by atoms with van der Waals surface area (Å²) in [5.74, 6) is 0. The molecule has 0 aliphatic carbocycles. The van der Waals surface area contributed by atoms with Gasteiger partial charge in [0, 0.05) is 0 Å². The van der Waals surface area contributed by atoms with Crippen LogP contribution in [0.5, 0.6) is 0 Å². The van der Waals surface area contributed by atoms with Crippen LogP contribution in [0.15, 0.2) is 12.2 Å². The van der Waals surface area contributed by atoms with E-state index >= 15 is 0 Å². The fraction of sp³-hybridized carbons (Fsp3) is 0.750. The molecule has 0 saturated heterocycles. The fourth-order valence-electron chi connectivity index (χ4n) is 0.606. The molecule has 0 saturated carbocycles. The summed E-state index contributed by atoms with van der Waals surface area (Å²) < 4.78 is 0. The van der Waals surface area contributed by atoms with E-state index in [0.717, 1.165) is 0 Å². The summed E-state index contributed by atoms with van der Waals surface area (Å²) in [5, 5.41) is 0. The Kier molecular flexibility index (Phi) is 6.52. The number of rotatable bonds is 4. The van der Waals surface area contributed by atoms with Crippen molar-refractivity contribution in [2.75, 3.05) is 0 Å². The van der Waals surface area contributed by atoms with Gasteiger partial charge in [-0.3, -0.25) is 0 Å². The molecule has 0 spiro atoms. The van der Waals surface area contributed by atoms with E-state index in [-0.39, 0.29) is 0 Å². The predicted octanol–water partition coefficient (Wildman–Crippen LogP) is 3.14. The van der Waals surface area contributed by atoms with Crippen molar-refractivity contribution in [2.24, 2.45) is 0 Å². The molecule has 0 aromatic carbocycles. The summed E-state index contributed by atoms with van der Waals surface area (Å²) in [7, 11) is 0. The van der Waals surface area contributed by atoms with Gasteiger partial charge in [0.2, 0.25) is 0 Å². The Morgan fingerprint density at radius 2 is 1.88 bits per heavy atom. The van der Waals surface area contributed by atoms with E-state index in [2.05, 4.69) is 26.0 Å². The molecule has 0 aromatic heterocycles. The first kappa shape index (κ1) is 7.74. The Hall–Kier alpha value is -0.260. The number of allylic oxidation sites excluding steroid dienone is 2. The first-order valence-corrected chi connectivity index (χ1v) is 3.56. The Bertz CT molecular complexity index is 53.1. The minimum atomic E-state index is 1.18. The van der Waals surface area contributed by atoms with Crippen LogP contribution in [0.1, 0.15) is 39.5 Å². The summed E-state index contributed by atoms with van der Waals surface area (Å²) in [6.45, 7) is 4.39. The van der Waals surface area contributed by atoms with Crippen molar-refractivity contribution in [2.45, 2.75) is 39.5 Å². The summed E-state index contributed by atoms with van der Waals surface area (Å²) in [4.78, 5) is 0. The number of hydrogen-bond donors (Lipinski definition) is 0. The molecule has 0 radical (unpaired) electrons. The smallest absolute Gasteiger partial charge is 0.0351 e. The monoisotopic (exact) mass is 112 g/mol. The summed E-state index contributed by atoms with van der Waals surface area (Å²) >= 11 is 0. The van der Waals surface area contributed by atoms with E-state index in [9.17, 15) is 0 Å². The van der Waals surface area contributed by atoms with Gasteiger partial charge in [-0.15, -0.1) is 0 Å². The van der Waals surface area contributed by atoms with E-state index in [1.807, 2.05) is 0 Å². The SMILES string of the molecule is CC/C=C\CCCC. The maximum absolute atomic E-state index is 2.27. The summed E-state index contributed by atoms with van der Waals surface area (Å²) in [6.07, 6.45) is 9.61. The van der Waals surface area contributed by atoms with Crippen molar-refractivity contribution >= 4 is 0 Å². The molecule has 0 atom stereocenters. The Labute approximate surface area is 52.6 Å². The third kappa shape index (κ3) is 5.74. The maximum atomic E-state index is 2.27. The van der Waals surface area contributed by atoms with Crippen molar-refractivity contribution in [1.82, 2.24) is 0 Å². The van der Waals surface area contributed by atoms with E-state index in [4.69, 9.17) is 0 Å². The third-order valence-corrected chi connectivity index (χ3v) is 1.13. The van der Waals surface area contributed by atoms with Crippen LogP contribution in [0.25, 0.3) is 0 Å². The Morgan fingerprint density at radius 1 is 1.12 bits per heavy atom. The molecule has 0 fully saturated rings. The first-order chi connectivity index (χ1) is 3.91. The van der Waals surface area contributed by atoms with Gasteiger partial charge in [-0.2, -0.15) is 0 Å². The minimum Gasteiger partial charge on any atom is -0.0888 e. The minimum absolute atomic E-state index is 1.18. The van der Waals surface area contributed by atoms with E-state index < -0.39 is 0 Å². The van der Waals surface area contributed by atoms with Gasteiger partial charge >= 0.3 is 0 Å². The molecule has 0 rings (SSSR count). The standard InChI is InChI=1S/C8H16/c1-3-5-7-8-6-4-2/h5,7H,3-4,6,8H2,1-2H3/b7-5-. The molecule has 0 N–H and O–H groups in total. The van der Waals surface area contributed by atoms with Gasteiger partial charge < -0.3 is 0 Å². The average molecular weight is 112 g/mol. The van der Waals surface area contributed by atoms with Crippen molar-refractivity contribution in [3.63, 3.8) is 0 Å². The lowest BCUT2D eigenvalue weighted by molar-refractivity contribution is 0.812. The van der Waals surface area contributed by atoms with Crippen LogP contribution < -0.4 is 0 Å². The number of hydrogen-bond acceptors (Lipinski definition) is 0. The highest BCUT2D eigenvalue weighted by molar-refractivity contribution is 4.79.